The van der Waals surface area contributed by atoms with Gasteiger partial charge in [0.25, 0.3) is 0 Å². The summed E-state index contributed by atoms with van der Waals surface area (Å²) in [5, 5.41) is 11.9. The number of nitriles is 1. The van der Waals surface area contributed by atoms with Crippen LogP contribution in [0.1, 0.15) is 11.4 Å². The molecule has 0 aliphatic rings. The lowest BCUT2D eigenvalue weighted by atomic mass is 10.3. The fraction of sp³-hybridized carbons (Fsp3) is 0.0833. The molecule has 0 unspecified atom stereocenters. The van der Waals surface area contributed by atoms with E-state index >= 15 is 0 Å². The molecule has 0 saturated heterocycles. The van der Waals surface area contributed by atoms with Gasteiger partial charge in [-0.1, -0.05) is 0 Å². The molecule has 0 spiro atoms. The van der Waals surface area contributed by atoms with Crippen LogP contribution in [0, 0.1) is 24.1 Å². The highest BCUT2D eigenvalue weighted by Crippen LogP contribution is 2.17. The SMILES string of the molecule is Cc1ncc(C#N)c(Nc2ccc(F)cc2)n1. The van der Waals surface area contributed by atoms with Gasteiger partial charge in [-0.2, -0.15) is 5.26 Å². The monoisotopic (exact) mass is 228 g/mol. The third-order valence-corrected chi connectivity index (χ3v) is 2.14. The van der Waals surface area contributed by atoms with E-state index in [1.165, 1.54) is 18.3 Å². The van der Waals surface area contributed by atoms with Gasteiger partial charge in [0, 0.05) is 5.69 Å². The first kappa shape index (κ1) is 11.0. The molecule has 1 aromatic carbocycles. The topological polar surface area (TPSA) is 61.6 Å². The van der Waals surface area contributed by atoms with Crippen LogP contribution in [0.4, 0.5) is 15.9 Å². The number of aromatic nitrogens is 2. The van der Waals surface area contributed by atoms with E-state index in [9.17, 15) is 4.39 Å². The Hall–Kier alpha value is -2.48. The summed E-state index contributed by atoms with van der Waals surface area (Å²) < 4.78 is 12.7. The third kappa shape index (κ3) is 2.55. The number of anilines is 2. The number of nitrogens with zero attached hydrogens (tertiary/aromatic N) is 3. The van der Waals surface area contributed by atoms with Crippen molar-refractivity contribution in [2.75, 3.05) is 5.32 Å². The zero-order chi connectivity index (χ0) is 12.3. The van der Waals surface area contributed by atoms with Crippen molar-refractivity contribution in [2.24, 2.45) is 0 Å². The van der Waals surface area contributed by atoms with Gasteiger partial charge in [0.15, 0.2) is 5.82 Å². The Labute approximate surface area is 97.8 Å². The molecular weight excluding hydrogens is 219 g/mol. The van der Waals surface area contributed by atoms with Gasteiger partial charge in [0.1, 0.15) is 23.3 Å². The maximum Gasteiger partial charge on any atom is 0.152 e. The number of benzene rings is 1. The van der Waals surface area contributed by atoms with Crippen molar-refractivity contribution < 1.29 is 4.39 Å². The molecule has 0 aliphatic carbocycles. The molecular formula is C12H9FN4. The summed E-state index contributed by atoms with van der Waals surface area (Å²) in [6.07, 6.45) is 1.45. The standard InChI is InChI=1S/C12H9FN4/c1-8-15-7-9(6-14)12(16-8)17-11-4-2-10(13)3-5-11/h2-5,7H,1H3,(H,15,16,17). The molecule has 2 rings (SSSR count). The average Bonchev–Trinajstić information content (AvgIpc) is 2.32. The van der Waals surface area contributed by atoms with E-state index in [1.54, 1.807) is 19.1 Å². The van der Waals surface area contributed by atoms with Crippen LogP contribution in [-0.2, 0) is 0 Å². The summed E-state index contributed by atoms with van der Waals surface area (Å²) in [6, 6.07) is 7.82. The van der Waals surface area contributed by atoms with Crippen LogP contribution < -0.4 is 5.32 Å². The quantitative estimate of drug-likeness (QED) is 0.857. The fourth-order valence-corrected chi connectivity index (χ4v) is 1.32. The normalized spacial score (nSPS) is 9.71. The van der Waals surface area contributed by atoms with E-state index in [4.69, 9.17) is 5.26 Å². The Bertz CT molecular complexity index is 572. The predicted octanol–water partition coefficient (Wildman–Crippen LogP) is 2.54. The van der Waals surface area contributed by atoms with Crippen molar-refractivity contribution in [1.82, 2.24) is 9.97 Å². The molecule has 0 amide bonds. The molecule has 0 fully saturated rings. The van der Waals surface area contributed by atoms with E-state index in [2.05, 4.69) is 15.3 Å². The summed E-state index contributed by atoms with van der Waals surface area (Å²) in [7, 11) is 0. The summed E-state index contributed by atoms with van der Waals surface area (Å²) in [5.74, 6) is 0.676. The zero-order valence-electron chi connectivity index (χ0n) is 9.11. The maximum absolute atomic E-state index is 12.7. The van der Waals surface area contributed by atoms with E-state index < -0.39 is 0 Å². The van der Waals surface area contributed by atoms with Gasteiger partial charge in [0.05, 0.1) is 6.20 Å². The lowest BCUT2D eigenvalue weighted by molar-refractivity contribution is 0.628. The van der Waals surface area contributed by atoms with Crippen molar-refractivity contribution in [2.45, 2.75) is 6.92 Å². The molecule has 0 radical (unpaired) electrons. The number of nitrogens with one attached hydrogen (secondary N) is 1. The second-order valence-corrected chi connectivity index (χ2v) is 3.42. The number of rotatable bonds is 2. The van der Waals surface area contributed by atoms with Gasteiger partial charge in [-0.25, -0.2) is 14.4 Å². The molecule has 17 heavy (non-hydrogen) atoms. The minimum atomic E-state index is -0.310. The summed E-state index contributed by atoms with van der Waals surface area (Å²) >= 11 is 0. The van der Waals surface area contributed by atoms with Gasteiger partial charge in [0.2, 0.25) is 0 Å². The molecule has 1 heterocycles. The average molecular weight is 228 g/mol. The minimum absolute atomic E-state index is 0.310. The van der Waals surface area contributed by atoms with Crippen LogP contribution in [0.25, 0.3) is 0 Å². The minimum Gasteiger partial charge on any atom is -0.339 e. The molecule has 84 valence electrons. The van der Waals surface area contributed by atoms with Gasteiger partial charge >= 0.3 is 0 Å². The highest BCUT2D eigenvalue weighted by Gasteiger charge is 2.05. The Balaban J connectivity index is 2.32. The van der Waals surface area contributed by atoms with Crippen LogP contribution in [0.3, 0.4) is 0 Å². The van der Waals surface area contributed by atoms with E-state index in [-0.39, 0.29) is 5.82 Å². The first-order chi connectivity index (χ1) is 8.19. The van der Waals surface area contributed by atoms with Crippen molar-refractivity contribution in [1.29, 1.82) is 5.26 Å². The summed E-state index contributed by atoms with van der Waals surface area (Å²) in [5.41, 5.74) is 1.01. The molecule has 2 aromatic rings. The smallest absolute Gasteiger partial charge is 0.152 e. The predicted molar refractivity (Wildman–Crippen MR) is 61.2 cm³/mol. The van der Waals surface area contributed by atoms with E-state index in [0.717, 1.165) is 0 Å². The molecule has 4 nitrogen and oxygen atoms in total. The maximum atomic E-state index is 12.7. The van der Waals surface area contributed by atoms with Crippen molar-refractivity contribution >= 4 is 11.5 Å². The summed E-state index contributed by atoms with van der Waals surface area (Å²) in [6.45, 7) is 1.73. The first-order valence-electron chi connectivity index (χ1n) is 4.95. The largest absolute Gasteiger partial charge is 0.339 e. The lowest BCUT2D eigenvalue weighted by Crippen LogP contribution is -2.00. The molecule has 1 aromatic heterocycles. The van der Waals surface area contributed by atoms with Crippen LogP contribution >= 0.6 is 0 Å². The van der Waals surface area contributed by atoms with Crippen molar-refractivity contribution in [3.63, 3.8) is 0 Å². The molecule has 5 heteroatoms. The van der Waals surface area contributed by atoms with Crippen LogP contribution in [0.15, 0.2) is 30.5 Å². The molecule has 1 N–H and O–H groups in total. The van der Waals surface area contributed by atoms with Gasteiger partial charge < -0.3 is 5.32 Å². The van der Waals surface area contributed by atoms with Crippen molar-refractivity contribution in [3.8, 4) is 6.07 Å². The highest BCUT2D eigenvalue weighted by atomic mass is 19.1. The number of halogens is 1. The number of aryl methyl sites for hydroxylation is 1. The van der Waals surface area contributed by atoms with Crippen LogP contribution in [0.2, 0.25) is 0 Å². The Morgan fingerprint density at radius 1 is 1.29 bits per heavy atom. The fourth-order valence-electron chi connectivity index (χ4n) is 1.32. The molecule has 0 aliphatic heterocycles. The molecule has 0 bridgehead atoms. The van der Waals surface area contributed by atoms with Gasteiger partial charge in [-0.3, -0.25) is 0 Å². The Morgan fingerprint density at radius 2 is 2.00 bits per heavy atom. The molecule has 0 saturated carbocycles. The third-order valence-electron chi connectivity index (χ3n) is 2.14. The van der Waals surface area contributed by atoms with Crippen molar-refractivity contribution in [3.05, 3.63) is 47.7 Å². The number of hydrogen-bond donors (Lipinski definition) is 1. The van der Waals surface area contributed by atoms with Crippen LogP contribution in [0.5, 0.6) is 0 Å². The van der Waals surface area contributed by atoms with E-state index in [1.807, 2.05) is 6.07 Å². The Morgan fingerprint density at radius 3 is 2.65 bits per heavy atom. The highest BCUT2D eigenvalue weighted by molar-refractivity contribution is 5.61. The molecule has 0 atom stereocenters. The second kappa shape index (κ2) is 4.58. The van der Waals surface area contributed by atoms with Crippen LogP contribution in [-0.4, -0.2) is 9.97 Å². The lowest BCUT2D eigenvalue weighted by Gasteiger charge is -2.07. The summed E-state index contributed by atoms with van der Waals surface area (Å²) in [4.78, 5) is 8.06. The second-order valence-electron chi connectivity index (χ2n) is 3.42. The van der Waals surface area contributed by atoms with E-state index in [0.29, 0.717) is 22.9 Å². The van der Waals surface area contributed by atoms with Gasteiger partial charge in [-0.15, -0.1) is 0 Å². The zero-order valence-corrected chi connectivity index (χ0v) is 9.11. The Kier molecular flexibility index (Phi) is 2.97. The number of hydrogen-bond acceptors (Lipinski definition) is 4. The van der Waals surface area contributed by atoms with Gasteiger partial charge in [-0.05, 0) is 31.2 Å². The first-order valence-corrected chi connectivity index (χ1v) is 4.95.